The van der Waals surface area contributed by atoms with Gasteiger partial charge in [0.25, 0.3) is 0 Å². The summed E-state index contributed by atoms with van der Waals surface area (Å²) in [5, 5.41) is 0. The van der Waals surface area contributed by atoms with E-state index in [2.05, 4.69) is 71.4 Å². The van der Waals surface area contributed by atoms with Gasteiger partial charge in [-0.05, 0) is 0 Å². The van der Waals surface area contributed by atoms with Gasteiger partial charge in [0.15, 0.2) is 0 Å². The van der Waals surface area contributed by atoms with E-state index in [0.29, 0.717) is 0 Å². The van der Waals surface area contributed by atoms with Crippen LogP contribution in [0.5, 0.6) is 0 Å². The minimum atomic E-state index is -6.00. The molecule has 0 spiro atoms. The van der Waals surface area contributed by atoms with E-state index in [0.717, 1.165) is 0 Å². The summed E-state index contributed by atoms with van der Waals surface area (Å²) in [6.07, 6.45) is 0. The van der Waals surface area contributed by atoms with Crippen LogP contribution >= 0.6 is 0 Å². The molecule has 0 amide bonds. The van der Waals surface area contributed by atoms with Gasteiger partial charge in [-0.2, -0.15) is 0 Å². The molecule has 0 atom stereocenters. The Bertz CT molecular complexity index is 542. The molecule has 0 radical (unpaired) electrons. The summed E-state index contributed by atoms with van der Waals surface area (Å²) in [5.41, 5.74) is 0. The first kappa shape index (κ1) is 17.4. The number of benzene rings is 2. The average molecular weight is 359 g/mol. The zero-order valence-electron chi connectivity index (χ0n) is 11.3. The van der Waals surface area contributed by atoms with E-state index in [1.807, 2.05) is 6.92 Å². The maximum atomic E-state index is 9.75. The van der Waals surface area contributed by atoms with Crippen LogP contribution in [0.15, 0.2) is 60.7 Å². The Kier molecular flexibility index (Phi) is 7.07. The van der Waals surface area contributed by atoms with E-state index < -0.39 is 21.2 Å². The van der Waals surface area contributed by atoms with Crippen LogP contribution in [0, 0.1) is 10.7 Å². The summed E-state index contributed by atoms with van der Waals surface area (Å²) in [5.74, 6) is 3.07. The summed E-state index contributed by atoms with van der Waals surface area (Å²) in [6, 6.07) is 21.2. The predicted octanol–water partition coefficient (Wildman–Crippen LogP) is 3.16. The molecule has 0 saturated carbocycles. The third-order valence-corrected chi connectivity index (χ3v) is 6.14. The third kappa shape index (κ3) is 7.60. The fourth-order valence-corrected chi connectivity index (χ4v) is 4.76. The molecule has 0 bridgehead atoms. The van der Waals surface area contributed by atoms with Crippen LogP contribution in [-0.2, 0) is 0 Å². The number of hydrogen-bond donors (Lipinski definition) is 0. The van der Waals surface area contributed by atoms with Crippen molar-refractivity contribution in [1.82, 2.24) is 0 Å². The van der Waals surface area contributed by atoms with E-state index in [4.69, 9.17) is 0 Å². The molecule has 2 aromatic rings. The Labute approximate surface area is 126 Å². The predicted molar refractivity (Wildman–Crippen MR) is 81.5 cm³/mol. The summed E-state index contributed by atoms with van der Waals surface area (Å²) in [7, 11) is -6.00. The second-order valence-electron chi connectivity index (χ2n) is 3.78. The van der Waals surface area contributed by atoms with Gasteiger partial charge in [0.2, 0.25) is 0 Å². The Hall–Kier alpha value is -1.70. The third-order valence-electron chi connectivity index (χ3n) is 2.16. The largest absolute Gasteiger partial charge is 0.673 e. The summed E-state index contributed by atoms with van der Waals surface area (Å²) < 4.78 is 41.8. The topological polar surface area (TPSA) is 0 Å². The van der Waals surface area contributed by atoms with Gasteiger partial charge in [-0.15, -0.1) is 0 Å². The molecule has 0 saturated heterocycles. The molecule has 0 nitrogen and oxygen atoms in total. The molecule has 0 fully saturated rings. The van der Waals surface area contributed by atoms with Crippen LogP contribution in [0.2, 0.25) is 0 Å². The maximum Gasteiger partial charge on any atom is 0.673 e. The summed E-state index contributed by atoms with van der Waals surface area (Å²) >= 11 is -1.16. The molecule has 21 heavy (non-hydrogen) atoms. The van der Waals surface area contributed by atoms with Crippen molar-refractivity contribution in [3.8, 4) is 10.7 Å². The first-order chi connectivity index (χ1) is 9.92. The molecular formula is C15H13BF4Se. The minimum Gasteiger partial charge on any atom is -0.418 e. The van der Waals surface area contributed by atoms with Crippen LogP contribution in [0.4, 0.5) is 17.3 Å². The van der Waals surface area contributed by atoms with Gasteiger partial charge in [0.05, 0.1) is 0 Å². The molecule has 0 heterocycles. The number of hydrogen-bond acceptors (Lipinski definition) is 0. The quantitative estimate of drug-likeness (QED) is 0.439. The van der Waals surface area contributed by atoms with E-state index in [1.165, 1.54) is 8.92 Å². The molecule has 110 valence electrons. The molecule has 0 aliphatic heterocycles. The van der Waals surface area contributed by atoms with Crippen molar-refractivity contribution in [3.63, 3.8) is 0 Å². The van der Waals surface area contributed by atoms with Gasteiger partial charge in [0, 0.05) is 0 Å². The van der Waals surface area contributed by atoms with Crippen molar-refractivity contribution < 1.29 is 17.3 Å². The van der Waals surface area contributed by atoms with Crippen molar-refractivity contribution in [2.75, 3.05) is 0 Å². The van der Waals surface area contributed by atoms with Gasteiger partial charge in [-0.25, -0.2) is 0 Å². The van der Waals surface area contributed by atoms with E-state index >= 15 is 0 Å². The van der Waals surface area contributed by atoms with E-state index in [1.54, 1.807) is 0 Å². The SMILES string of the molecule is CC#C[Se+](c1ccccc1)c1ccccc1.F[B-](F)(F)F. The van der Waals surface area contributed by atoms with Gasteiger partial charge >= 0.3 is 108 Å². The second kappa shape index (κ2) is 8.56. The standard InChI is InChI=1S/C15H13Se.BF4/c1-2-13-16(14-9-5-3-6-10-14)15-11-7-4-8-12-15;2-1(3,4)5/h3-12H,1H3;/q+1;-1. The van der Waals surface area contributed by atoms with Crippen molar-refractivity contribution in [1.29, 1.82) is 0 Å². The van der Waals surface area contributed by atoms with Crippen LogP contribution < -0.4 is 8.92 Å². The first-order valence-corrected chi connectivity index (χ1v) is 8.63. The fraction of sp³-hybridized carbons (Fsp3) is 0.0667. The Morgan fingerprint density at radius 1 is 0.762 bits per heavy atom. The molecule has 0 unspecified atom stereocenters. The van der Waals surface area contributed by atoms with Crippen LogP contribution in [-0.4, -0.2) is 21.2 Å². The molecule has 6 heteroatoms. The molecule has 2 aromatic carbocycles. The van der Waals surface area contributed by atoms with Crippen LogP contribution in [0.3, 0.4) is 0 Å². The zero-order valence-corrected chi connectivity index (χ0v) is 13.0. The number of rotatable bonds is 2. The van der Waals surface area contributed by atoms with Gasteiger partial charge in [-0.1, -0.05) is 0 Å². The smallest absolute Gasteiger partial charge is 0.418 e. The first-order valence-electron chi connectivity index (χ1n) is 6.06. The van der Waals surface area contributed by atoms with E-state index in [-0.39, 0.29) is 0 Å². The van der Waals surface area contributed by atoms with Crippen molar-refractivity contribution in [2.24, 2.45) is 0 Å². The number of halogens is 4. The van der Waals surface area contributed by atoms with Crippen molar-refractivity contribution in [3.05, 3.63) is 60.7 Å². The second-order valence-corrected chi connectivity index (χ2v) is 7.47. The van der Waals surface area contributed by atoms with Crippen LogP contribution in [0.25, 0.3) is 0 Å². The van der Waals surface area contributed by atoms with Gasteiger partial charge < -0.3 is 17.3 Å². The summed E-state index contributed by atoms with van der Waals surface area (Å²) in [4.78, 5) is 3.39. The molecule has 0 aliphatic rings. The maximum absolute atomic E-state index is 9.75. The monoisotopic (exact) mass is 360 g/mol. The van der Waals surface area contributed by atoms with Crippen molar-refractivity contribution >= 4 is 30.1 Å². The molecule has 0 N–H and O–H groups in total. The molecule has 0 aliphatic carbocycles. The van der Waals surface area contributed by atoms with Crippen LogP contribution in [0.1, 0.15) is 6.92 Å². The van der Waals surface area contributed by atoms with Gasteiger partial charge in [-0.3, -0.25) is 0 Å². The van der Waals surface area contributed by atoms with Gasteiger partial charge in [0.1, 0.15) is 0 Å². The minimum absolute atomic E-state index is 1.16. The van der Waals surface area contributed by atoms with E-state index in [9.17, 15) is 17.3 Å². The average Bonchev–Trinajstić information content (AvgIpc) is 2.45. The summed E-state index contributed by atoms with van der Waals surface area (Å²) in [6.45, 7) is 1.92. The molecular weight excluding hydrogens is 346 g/mol. The fourth-order valence-electron chi connectivity index (χ4n) is 1.47. The molecule has 0 aromatic heterocycles. The normalized spacial score (nSPS) is 10.2. The van der Waals surface area contributed by atoms with Crippen molar-refractivity contribution in [2.45, 2.75) is 6.92 Å². The Morgan fingerprint density at radius 3 is 1.38 bits per heavy atom. The molecule has 2 rings (SSSR count). The Balaban J connectivity index is 0.000000383. The zero-order chi connectivity index (χ0) is 15.7. The Morgan fingerprint density at radius 2 is 1.10 bits per heavy atom.